The van der Waals surface area contributed by atoms with Gasteiger partial charge in [-0.1, -0.05) is 0 Å². The number of fused-ring (bicyclic) bond motifs is 2. The molecule has 2 heterocycles. The van der Waals surface area contributed by atoms with Crippen molar-refractivity contribution in [1.29, 1.82) is 0 Å². The Morgan fingerprint density at radius 3 is 2.00 bits per heavy atom. The third-order valence-corrected chi connectivity index (χ3v) is 2.65. The quantitative estimate of drug-likeness (QED) is 0.471. The van der Waals surface area contributed by atoms with Gasteiger partial charge in [-0.3, -0.25) is 0 Å². The number of aliphatic hydroxyl groups is 1. The molecule has 0 bridgehead atoms. The molecule has 0 spiro atoms. The third-order valence-electron chi connectivity index (χ3n) is 2.65. The molecule has 1 aliphatic carbocycles. The number of hydrogen-bond acceptors (Lipinski definition) is 3. The highest BCUT2D eigenvalue weighted by atomic mass is 16.6. The van der Waals surface area contributed by atoms with E-state index in [1.165, 1.54) is 0 Å². The lowest BCUT2D eigenvalue weighted by molar-refractivity contribution is 0.103. The summed E-state index contributed by atoms with van der Waals surface area (Å²) in [4.78, 5) is 0. The minimum Gasteiger partial charge on any atom is -0.387 e. The number of ether oxygens (including phenoxy) is 2. The molecular weight excluding hydrogens is 132 g/mol. The third kappa shape index (κ3) is 0.603. The van der Waals surface area contributed by atoms with Crippen LogP contribution in [-0.2, 0) is 9.47 Å². The van der Waals surface area contributed by atoms with E-state index in [9.17, 15) is 5.11 Å². The van der Waals surface area contributed by atoms with Crippen LogP contribution in [0, 0.1) is 0 Å². The molecule has 3 aliphatic rings. The van der Waals surface area contributed by atoms with Crippen LogP contribution >= 0.6 is 0 Å². The standard InChI is InChI=1S/C7H10O3/c8-5-6-3(9-6)1-2-4-7(5)10-4/h3-8H,1-2H2/t3-,4-,6-,7-/m0/s1. The van der Waals surface area contributed by atoms with Crippen LogP contribution in [0.4, 0.5) is 0 Å². The van der Waals surface area contributed by atoms with Gasteiger partial charge in [-0.25, -0.2) is 0 Å². The van der Waals surface area contributed by atoms with Crippen LogP contribution in [0.5, 0.6) is 0 Å². The van der Waals surface area contributed by atoms with Gasteiger partial charge >= 0.3 is 0 Å². The molecule has 0 aromatic heterocycles. The van der Waals surface area contributed by atoms with Crippen molar-refractivity contribution in [3.63, 3.8) is 0 Å². The predicted molar refractivity (Wildman–Crippen MR) is 32.6 cm³/mol. The first-order valence-corrected chi connectivity index (χ1v) is 3.85. The summed E-state index contributed by atoms with van der Waals surface area (Å²) in [6.07, 6.45) is 2.73. The van der Waals surface area contributed by atoms with E-state index in [2.05, 4.69) is 0 Å². The molecule has 4 atom stereocenters. The maximum atomic E-state index is 9.46. The van der Waals surface area contributed by atoms with Crippen LogP contribution in [0.2, 0.25) is 0 Å². The van der Waals surface area contributed by atoms with Gasteiger partial charge in [0.1, 0.15) is 18.3 Å². The highest BCUT2D eigenvalue weighted by Crippen LogP contribution is 2.43. The maximum Gasteiger partial charge on any atom is 0.113 e. The van der Waals surface area contributed by atoms with Crippen molar-refractivity contribution in [2.45, 2.75) is 43.4 Å². The molecule has 56 valence electrons. The molecule has 1 saturated carbocycles. The van der Waals surface area contributed by atoms with Crippen molar-refractivity contribution in [2.24, 2.45) is 0 Å². The van der Waals surface area contributed by atoms with Crippen LogP contribution < -0.4 is 0 Å². The van der Waals surface area contributed by atoms with Crippen LogP contribution in [0.1, 0.15) is 12.8 Å². The number of hydrogen-bond donors (Lipinski definition) is 1. The summed E-state index contributed by atoms with van der Waals surface area (Å²) in [6, 6.07) is 0. The molecule has 0 amide bonds. The van der Waals surface area contributed by atoms with Gasteiger partial charge in [-0.2, -0.15) is 0 Å². The van der Waals surface area contributed by atoms with Crippen molar-refractivity contribution in [3.8, 4) is 0 Å². The van der Waals surface area contributed by atoms with E-state index in [1.54, 1.807) is 0 Å². The largest absolute Gasteiger partial charge is 0.387 e. The monoisotopic (exact) mass is 142 g/mol. The van der Waals surface area contributed by atoms with Crippen molar-refractivity contribution >= 4 is 0 Å². The van der Waals surface area contributed by atoms with Gasteiger partial charge in [0, 0.05) is 0 Å². The lowest BCUT2D eigenvalue weighted by atomic mass is 10.1. The molecule has 0 unspecified atom stereocenters. The first kappa shape index (κ1) is 5.52. The number of epoxide rings is 2. The van der Waals surface area contributed by atoms with Gasteiger partial charge in [0.25, 0.3) is 0 Å². The van der Waals surface area contributed by atoms with Crippen molar-refractivity contribution in [2.75, 3.05) is 0 Å². The van der Waals surface area contributed by atoms with Crippen molar-refractivity contribution in [3.05, 3.63) is 0 Å². The smallest absolute Gasteiger partial charge is 0.113 e. The zero-order valence-electron chi connectivity index (χ0n) is 5.56. The second-order valence-electron chi connectivity index (χ2n) is 3.35. The molecule has 3 rings (SSSR count). The Labute approximate surface area is 58.9 Å². The van der Waals surface area contributed by atoms with Crippen LogP contribution in [-0.4, -0.2) is 35.6 Å². The van der Waals surface area contributed by atoms with Crippen LogP contribution in [0.3, 0.4) is 0 Å². The molecule has 2 saturated heterocycles. The highest BCUT2D eigenvalue weighted by molar-refractivity contribution is 5.05. The molecule has 0 aromatic rings. The SMILES string of the molecule is OC1[C@H]2O[C@H]2CC[C@@H]2O[C@H]12. The summed E-state index contributed by atoms with van der Waals surface area (Å²) in [5, 5.41) is 9.46. The van der Waals surface area contributed by atoms with E-state index in [1.807, 2.05) is 0 Å². The Morgan fingerprint density at radius 2 is 1.50 bits per heavy atom. The Kier molecular flexibility index (Phi) is 0.854. The summed E-state index contributed by atoms with van der Waals surface area (Å²) in [5.74, 6) is 0. The normalized spacial score (nSPS) is 58.5. The van der Waals surface area contributed by atoms with E-state index >= 15 is 0 Å². The molecule has 2 aliphatic heterocycles. The minimum atomic E-state index is -0.336. The van der Waals surface area contributed by atoms with E-state index < -0.39 is 0 Å². The molecule has 3 fully saturated rings. The Balaban J connectivity index is 1.82. The molecular formula is C7H10O3. The number of rotatable bonds is 0. The average Bonchev–Trinajstić information content (AvgIpc) is 2.76. The van der Waals surface area contributed by atoms with E-state index in [0.29, 0.717) is 12.2 Å². The van der Waals surface area contributed by atoms with Gasteiger partial charge < -0.3 is 14.6 Å². The zero-order valence-corrected chi connectivity index (χ0v) is 5.56. The predicted octanol–water partition coefficient (Wildman–Crippen LogP) is -0.324. The summed E-state index contributed by atoms with van der Waals surface area (Å²) in [7, 11) is 0. The molecule has 1 N–H and O–H groups in total. The molecule has 3 nitrogen and oxygen atoms in total. The van der Waals surface area contributed by atoms with Gasteiger partial charge in [0.2, 0.25) is 0 Å². The second kappa shape index (κ2) is 1.55. The lowest BCUT2D eigenvalue weighted by Gasteiger charge is -1.99. The molecule has 10 heavy (non-hydrogen) atoms. The second-order valence-corrected chi connectivity index (χ2v) is 3.35. The highest BCUT2D eigenvalue weighted by Gasteiger charge is 2.58. The Morgan fingerprint density at radius 1 is 1.00 bits per heavy atom. The van der Waals surface area contributed by atoms with E-state index in [-0.39, 0.29) is 18.3 Å². The van der Waals surface area contributed by atoms with Crippen LogP contribution in [0.15, 0.2) is 0 Å². The van der Waals surface area contributed by atoms with Gasteiger partial charge in [-0.15, -0.1) is 0 Å². The summed E-state index contributed by atoms with van der Waals surface area (Å²) in [5.41, 5.74) is 0. The fraction of sp³-hybridized carbons (Fsp3) is 1.00. The minimum absolute atomic E-state index is 0.109. The van der Waals surface area contributed by atoms with E-state index in [0.717, 1.165) is 12.8 Å². The topological polar surface area (TPSA) is 45.3 Å². The summed E-state index contributed by atoms with van der Waals surface area (Å²) in [6.45, 7) is 0. The van der Waals surface area contributed by atoms with Gasteiger partial charge in [0.05, 0.1) is 12.2 Å². The lowest BCUT2D eigenvalue weighted by Crippen LogP contribution is -2.23. The summed E-state index contributed by atoms with van der Waals surface area (Å²) < 4.78 is 10.5. The molecule has 3 heteroatoms. The fourth-order valence-electron chi connectivity index (χ4n) is 1.89. The Bertz CT molecular complexity index is 152. The van der Waals surface area contributed by atoms with Crippen molar-refractivity contribution < 1.29 is 14.6 Å². The molecule has 0 radical (unpaired) electrons. The van der Waals surface area contributed by atoms with Crippen molar-refractivity contribution in [1.82, 2.24) is 0 Å². The van der Waals surface area contributed by atoms with Gasteiger partial charge in [0.15, 0.2) is 0 Å². The number of aliphatic hydroxyl groups excluding tert-OH is 1. The average molecular weight is 142 g/mol. The molecule has 0 aromatic carbocycles. The van der Waals surface area contributed by atoms with E-state index in [4.69, 9.17) is 9.47 Å². The zero-order chi connectivity index (χ0) is 6.72. The maximum absolute atomic E-state index is 9.46. The summed E-state index contributed by atoms with van der Waals surface area (Å²) >= 11 is 0. The fourth-order valence-corrected chi connectivity index (χ4v) is 1.89. The Hall–Kier alpha value is -0.120. The van der Waals surface area contributed by atoms with Gasteiger partial charge in [-0.05, 0) is 12.8 Å². The van der Waals surface area contributed by atoms with Crippen LogP contribution in [0.25, 0.3) is 0 Å². The first-order chi connectivity index (χ1) is 4.86. The first-order valence-electron chi connectivity index (χ1n) is 3.85.